The summed E-state index contributed by atoms with van der Waals surface area (Å²) in [5, 5.41) is 1.02. The van der Waals surface area contributed by atoms with Crippen LogP contribution in [0.1, 0.15) is 17.5 Å². The van der Waals surface area contributed by atoms with Crippen LogP contribution in [-0.4, -0.2) is 13.2 Å². The van der Waals surface area contributed by atoms with Crippen LogP contribution in [0.25, 0.3) is 11.0 Å². The standard InChI is InChI=1S/C20H18O4/c21-20-18-8-4-7-16(18)17-10-9-15(13-19(17)24-20)23-12-11-22-14-5-2-1-3-6-14/h1-3,5-6,9-10,13H,4,7-8,11-12H2. The fourth-order valence-electron chi connectivity index (χ4n) is 3.19. The van der Waals surface area contributed by atoms with Crippen molar-refractivity contribution in [2.45, 2.75) is 19.3 Å². The molecule has 0 radical (unpaired) electrons. The molecule has 0 fully saturated rings. The molecule has 3 aromatic rings. The summed E-state index contributed by atoms with van der Waals surface area (Å²) in [6.45, 7) is 0.881. The molecule has 0 N–H and O–H groups in total. The van der Waals surface area contributed by atoms with Gasteiger partial charge in [0.25, 0.3) is 0 Å². The number of para-hydroxylation sites is 1. The van der Waals surface area contributed by atoms with E-state index in [4.69, 9.17) is 13.9 Å². The molecule has 1 aliphatic carbocycles. The third-order valence-electron chi connectivity index (χ3n) is 4.31. The Morgan fingerprint density at radius 1 is 0.875 bits per heavy atom. The maximum atomic E-state index is 12.0. The van der Waals surface area contributed by atoms with E-state index in [2.05, 4.69) is 0 Å². The van der Waals surface area contributed by atoms with E-state index in [0.717, 1.165) is 41.5 Å². The molecule has 2 aromatic carbocycles. The van der Waals surface area contributed by atoms with Crippen LogP contribution in [0.15, 0.2) is 57.7 Å². The number of hydrogen-bond acceptors (Lipinski definition) is 4. The monoisotopic (exact) mass is 322 g/mol. The number of fused-ring (bicyclic) bond motifs is 3. The van der Waals surface area contributed by atoms with Crippen molar-refractivity contribution in [1.82, 2.24) is 0 Å². The third kappa shape index (κ3) is 2.87. The molecule has 122 valence electrons. The molecule has 1 aliphatic rings. The molecule has 4 rings (SSSR count). The molecule has 1 heterocycles. The first-order valence-corrected chi connectivity index (χ1v) is 8.20. The second-order valence-electron chi connectivity index (χ2n) is 5.87. The third-order valence-corrected chi connectivity index (χ3v) is 4.31. The number of ether oxygens (including phenoxy) is 2. The van der Waals surface area contributed by atoms with Gasteiger partial charge in [-0.1, -0.05) is 18.2 Å². The van der Waals surface area contributed by atoms with Gasteiger partial charge in [-0.2, -0.15) is 0 Å². The molecule has 0 unspecified atom stereocenters. The second kappa shape index (κ2) is 6.40. The molecule has 24 heavy (non-hydrogen) atoms. The van der Waals surface area contributed by atoms with E-state index in [-0.39, 0.29) is 5.63 Å². The summed E-state index contributed by atoms with van der Waals surface area (Å²) in [6.07, 6.45) is 2.79. The van der Waals surface area contributed by atoms with E-state index in [0.29, 0.717) is 24.5 Å². The largest absolute Gasteiger partial charge is 0.490 e. The van der Waals surface area contributed by atoms with Crippen LogP contribution in [0.3, 0.4) is 0 Å². The first-order valence-electron chi connectivity index (χ1n) is 8.20. The molecule has 0 atom stereocenters. The highest BCUT2D eigenvalue weighted by molar-refractivity contribution is 5.83. The summed E-state index contributed by atoms with van der Waals surface area (Å²) in [7, 11) is 0. The van der Waals surface area contributed by atoms with E-state index >= 15 is 0 Å². The second-order valence-corrected chi connectivity index (χ2v) is 5.87. The van der Waals surface area contributed by atoms with Gasteiger partial charge in [-0.05, 0) is 49.1 Å². The van der Waals surface area contributed by atoms with E-state index in [1.54, 1.807) is 6.07 Å². The van der Waals surface area contributed by atoms with Crippen LogP contribution in [-0.2, 0) is 12.8 Å². The number of hydrogen-bond donors (Lipinski definition) is 0. The minimum absolute atomic E-state index is 0.209. The molecule has 0 saturated heterocycles. The van der Waals surface area contributed by atoms with Crippen LogP contribution in [0.5, 0.6) is 11.5 Å². The molecule has 0 saturated carbocycles. The van der Waals surface area contributed by atoms with E-state index in [1.807, 2.05) is 42.5 Å². The van der Waals surface area contributed by atoms with Crippen molar-refractivity contribution in [2.75, 3.05) is 13.2 Å². The van der Waals surface area contributed by atoms with Crippen molar-refractivity contribution in [1.29, 1.82) is 0 Å². The Morgan fingerprint density at radius 2 is 1.62 bits per heavy atom. The fourth-order valence-corrected chi connectivity index (χ4v) is 3.19. The van der Waals surface area contributed by atoms with Gasteiger partial charge in [-0.3, -0.25) is 0 Å². The summed E-state index contributed by atoms with van der Waals surface area (Å²) in [6, 6.07) is 15.3. The van der Waals surface area contributed by atoms with Crippen molar-refractivity contribution in [3.05, 3.63) is 70.1 Å². The zero-order valence-electron chi connectivity index (χ0n) is 13.3. The van der Waals surface area contributed by atoms with E-state index in [1.165, 1.54) is 0 Å². The van der Waals surface area contributed by atoms with Crippen molar-refractivity contribution >= 4 is 11.0 Å². The van der Waals surface area contributed by atoms with Crippen LogP contribution >= 0.6 is 0 Å². The van der Waals surface area contributed by atoms with Crippen molar-refractivity contribution < 1.29 is 13.9 Å². The molecular formula is C20H18O4. The normalized spacial score (nSPS) is 13.0. The first-order chi connectivity index (χ1) is 11.8. The van der Waals surface area contributed by atoms with Crippen molar-refractivity contribution in [3.63, 3.8) is 0 Å². The van der Waals surface area contributed by atoms with Crippen molar-refractivity contribution in [2.24, 2.45) is 0 Å². The highest BCUT2D eigenvalue weighted by Gasteiger charge is 2.19. The predicted molar refractivity (Wildman–Crippen MR) is 91.9 cm³/mol. The first kappa shape index (κ1) is 14.8. The van der Waals surface area contributed by atoms with Gasteiger partial charge >= 0.3 is 5.63 Å². The van der Waals surface area contributed by atoms with Gasteiger partial charge in [-0.15, -0.1) is 0 Å². The lowest BCUT2D eigenvalue weighted by Crippen LogP contribution is -2.09. The molecule has 1 aromatic heterocycles. The SMILES string of the molecule is O=c1oc2cc(OCCOc3ccccc3)ccc2c2c1CCC2. The van der Waals surface area contributed by atoms with E-state index < -0.39 is 0 Å². The number of rotatable bonds is 5. The summed E-state index contributed by atoms with van der Waals surface area (Å²) >= 11 is 0. The van der Waals surface area contributed by atoms with Gasteiger partial charge in [0.1, 0.15) is 30.3 Å². The smallest absolute Gasteiger partial charge is 0.339 e. The Hall–Kier alpha value is -2.75. The predicted octanol–water partition coefficient (Wildman–Crippen LogP) is 3.74. The quantitative estimate of drug-likeness (QED) is 0.530. The van der Waals surface area contributed by atoms with Crippen LogP contribution < -0.4 is 15.1 Å². The molecule has 0 bridgehead atoms. The molecule has 4 heteroatoms. The highest BCUT2D eigenvalue weighted by Crippen LogP contribution is 2.29. The Balaban J connectivity index is 1.46. The van der Waals surface area contributed by atoms with Crippen LogP contribution in [0, 0.1) is 0 Å². The fraction of sp³-hybridized carbons (Fsp3) is 0.250. The highest BCUT2D eigenvalue weighted by atomic mass is 16.5. The summed E-state index contributed by atoms with van der Waals surface area (Å²) < 4.78 is 16.8. The zero-order valence-corrected chi connectivity index (χ0v) is 13.3. The van der Waals surface area contributed by atoms with Gasteiger partial charge in [0.2, 0.25) is 0 Å². The lowest BCUT2D eigenvalue weighted by atomic mass is 10.1. The Bertz CT molecular complexity index is 912. The molecule has 0 amide bonds. The van der Waals surface area contributed by atoms with Crippen molar-refractivity contribution in [3.8, 4) is 11.5 Å². The lowest BCUT2D eigenvalue weighted by molar-refractivity contribution is 0.217. The van der Waals surface area contributed by atoms with Gasteiger partial charge in [0.15, 0.2) is 0 Å². The molecule has 0 aliphatic heterocycles. The summed E-state index contributed by atoms with van der Waals surface area (Å²) in [4.78, 5) is 12.0. The maximum Gasteiger partial charge on any atom is 0.339 e. The topological polar surface area (TPSA) is 48.7 Å². The van der Waals surface area contributed by atoms with Gasteiger partial charge in [0, 0.05) is 17.0 Å². The lowest BCUT2D eigenvalue weighted by Gasteiger charge is -2.09. The number of aryl methyl sites for hydroxylation is 1. The summed E-state index contributed by atoms with van der Waals surface area (Å²) in [5.74, 6) is 1.50. The molecule has 4 nitrogen and oxygen atoms in total. The Kier molecular flexibility index (Phi) is 3.95. The van der Waals surface area contributed by atoms with E-state index in [9.17, 15) is 4.79 Å². The maximum absolute atomic E-state index is 12.0. The molecular weight excluding hydrogens is 304 g/mol. The minimum atomic E-state index is -0.209. The average molecular weight is 322 g/mol. The van der Waals surface area contributed by atoms with Gasteiger partial charge < -0.3 is 13.9 Å². The van der Waals surface area contributed by atoms with Crippen LogP contribution in [0.2, 0.25) is 0 Å². The average Bonchev–Trinajstić information content (AvgIpc) is 3.10. The van der Waals surface area contributed by atoms with Gasteiger partial charge in [0.05, 0.1) is 0 Å². The summed E-state index contributed by atoms with van der Waals surface area (Å²) in [5.41, 5.74) is 2.37. The van der Waals surface area contributed by atoms with Crippen LogP contribution in [0.4, 0.5) is 0 Å². The minimum Gasteiger partial charge on any atom is -0.490 e. The zero-order chi connectivity index (χ0) is 16.4. The van der Waals surface area contributed by atoms with Gasteiger partial charge in [-0.25, -0.2) is 4.79 Å². The number of benzene rings is 2. The Morgan fingerprint density at radius 3 is 2.46 bits per heavy atom. The Labute approximate surface area is 139 Å². The molecule has 0 spiro atoms.